The molecule has 2 aliphatic rings. The fourth-order valence-corrected chi connectivity index (χ4v) is 5.24. The highest BCUT2D eigenvalue weighted by atomic mass is 35.5. The average Bonchev–Trinajstić information content (AvgIpc) is 3.52. The zero-order chi connectivity index (χ0) is 25.4. The molecule has 3 aromatic carbocycles. The molecule has 1 N–H and O–H groups in total. The quantitative estimate of drug-likeness (QED) is 0.268. The van der Waals surface area contributed by atoms with Crippen molar-refractivity contribution in [3.63, 3.8) is 0 Å². The van der Waals surface area contributed by atoms with Crippen molar-refractivity contribution in [3.8, 4) is 5.75 Å². The molecular weight excluding hydrogens is 476 g/mol. The van der Waals surface area contributed by atoms with Crippen LogP contribution in [-0.2, 0) is 9.59 Å². The number of anilines is 2. The summed E-state index contributed by atoms with van der Waals surface area (Å²) < 4.78 is 5.29. The topological polar surface area (TPSA) is 70.1 Å². The predicted octanol–water partition coefficient (Wildman–Crippen LogP) is 5.88. The lowest BCUT2D eigenvalue weighted by molar-refractivity contribution is -0.132. The van der Waals surface area contributed by atoms with Gasteiger partial charge in [-0.1, -0.05) is 35.9 Å². The molecular formula is C29H27ClN2O4. The number of benzene rings is 3. The van der Waals surface area contributed by atoms with E-state index in [1.165, 1.54) is 24.9 Å². The van der Waals surface area contributed by atoms with Crippen molar-refractivity contribution in [2.45, 2.75) is 25.8 Å². The second-order valence-electron chi connectivity index (χ2n) is 9.09. The van der Waals surface area contributed by atoms with E-state index in [0.717, 1.165) is 29.9 Å². The first kappa shape index (κ1) is 23.9. The van der Waals surface area contributed by atoms with Gasteiger partial charge in [0.05, 0.1) is 23.7 Å². The van der Waals surface area contributed by atoms with E-state index in [9.17, 15) is 14.7 Å². The number of halogens is 1. The Labute approximate surface area is 215 Å². The van der Waals surface area contributed by atoms with Crippen molar-refractivity contribution in [2.24, 2.45) is 0 Å². The van der Waals surface area contributed by atoms with Gasteiger partial charge in [-0.2, -0.15) is 0 Å². The van der Waals surface area contributed by atoms with Crippen LogP contribution in [-0.4, -0.2) is 37.0 Å². The Morgan fingerprint density at radius 3 is 2.31 bits per heavy atom. The van der Waals surface area contributed by atoms with Gasteiger partial charge in [0.25, 0.3) is 11.7 Å². The van der Waals surface area contributed by atoms with Gasteiger partial charge in [-0.05, 0) is 73.4 Å². The second kappa shape index (κ2) is 9.70. The highest BCUT2D eigenvalue weighted by molar-refractivity contribution is 6.51. The lowest BCUT2D eigenvalue weighted by Gasteiger charge is -2.27. The van der Waals surface area contributed by atoms with E-state index in [1.807, 2.05) is 55.5 Å². The minimum Gasteiger partial charge on any atom is -0.507 e. The van der Waals surface area contributed by atoms with Crippen LogP contribution in [0.25, 0.3) is 5.76 Å². The first-order valence-electron chi connectivity index (χ1n) is 12.0. The molecule has 6 nitrogen and oxygen atoms in total. The van der Waals surface area contributed by atoms with Crippen molar-refractivity contribution < 1.29 is 19.4 Å². The number of Topliss-reactive ketones (excluding diaryl/α,β-unsaturated/α-hetero) is 1. The first-order valence-corrected chi connectivity index (χ1v) is 12.3. The Kier molecular flexibility index (Phi) is 6.46. The van der Waals surface area contributed by atoms with Crippen molar-refractivity contribution in [3.05, 3.63) is 94.0 Å². The van der Waals surface area contributed by atoms with Crippen molar-refractivity contribution in [1.82, 2.24) is 0 Å². The molecule has 1 amide bonds. The highest BCUT2D eigenvalue weighted by Crippen LogP contribution is 2.44. The van der Waals surface area contributed by atoms with E-state index in [1.54, 1.807) is 18.2 Å². The largest absolute Gasteiger partial charge is 0.507 e. The molecule has 2 aliphatic heterocycles. The molecule has 2 fully saturated rings. The number of carbonyl (C=O) groups excluding carboxylic acids is 2. The van der Waals surface area contributed by atoms with E-state index in [-0.39, 0.29) is 11.3 Å². The predicted molar refractivity (Wildman–Crippen MR) is 142 cm³/mol. The van der Waals surface area contributed by atoms with E-state index < -0.39 is 17.7 Å². The van der Waals surface area contributed by atoms with Gasteiger partial charge >= 0.3 is 0 Å². The van der Waals surface area contributed by atoms with Gasteiger partial charge in [-0.3, -0.25) is 14.5 Å². The van der Waals surface area contributed by atoms with Crippen molar-refractivity contribution in [2.75, 3.05) is 30.0 Å². The summed E-state index contributed by atoms with van der Waals surface area (Å²) in [5, 5.41) is 11.7. The molecule has 36 heavy (non-hydrogen) atoms. The zero-order valence-corrected chi connectivity index (χ0v) is 21.0. The van der Waals surface area contributed by atoms with Crippen LogP contribution in [0.2, 0.25) is 5.02 Å². The van der Waals surface area contributed by atoms with Crippen LogP contribution in [0.3, 0.4) is 0 Å². The van der Waals surface area contributed by atoms with Crippen LogP contribution in [0.5, 0.6) is 5.75 Å². The Bertz CT molecular complexity index is 1360. The minimum absolute atomic E-state index is 0.0299. The fraction of sp³-hybridized carbons (Fsp3) is 0.241. The van der Waals surface area contributed by atoms with Gasteiger partial charge < -0.3 is 14.7 Å². The third-order valence-corrected chi connectivity index (χ3v) is 7.26. The molecule has 2 saturated heterocycles. The summed E-state index contributed by atoms with van der Waals surface area (Å²) in [4.78, 5) is 30.7. The fourth-order valence-electron chi connectivity index (χ4n) is 5.05. The maximum Gasteiger partial charge on any atom is 0.300 e. The molecule has 0 aliphatic carbocycles. The number of nitrogens with zero attached hydrogens (tertiary/aromatic N) is 2. The molecule has 1 unspecified atom stereocenters. The van der Waals surface area contributed by atoms with Crippen LogP contribution >= 0.6 is 11.6 Å². The van der Waals surface area contributed by atoms with E-state index in [0.29, 0.717) is 22.0 Å². The van der Waals surface area contributed by atoms with E-state index >= 15 is 0 Å². The number of hydrogen-bond donors (Lipinski definition) is 1. The maximum absolute atomic E-state index is 13.4. The normalized spacial score (nSPS) is 19.2. The van der Waals surface area contributed by atoms with Crippen LogP contribution in [0.15, 0.2) is 72.3 Å². The Balaban J connectivity index is 1.65. The number of carbonyl (C=O) groups is 2. The van der Waals surface area contributed by atoms with Crippen molar-refractivity contribution >= 4 is 40.4 Å². The van der Waals surface area contributed by atoms with Gasteiger partial charge in [0.2, 0.25) is 0 Å². The first-order chi connectivity index (χ1) is 17.4. The third kappa shape index (κ3) is 4.11. The number of ether oxygens (including phenoxy) is 1. The summed E-state index contributed by atoms with van der Waals surface area (Å²) in [7, 11) is 1.48. The smallest absolute Gasteiger partial charge is 0.300 e. The third-order valence-electron chi connectivity index (χ3n) is 6.95. The SMILES string of the molecule is COc1cc(/C(O)=C2\C(=O)C(=O)N(c3ccc(N4CCCC4)cc3)C2c2ccccc2C)ccc1Cl. The van der Waals surface area contributed by atoms with Crippen molar-refractivity contribution in [1.29, 1.82) is 0 Å². The van der Waals surface area contributed by atoms with Gasteiger partial charge in [0.15, 0.2) is 0 Å². The number of ketones is 1. The average molecular weight is 503 g/mol. The Morgan fingerprint density at radius 2 is 1.64 bits per heavy atom. The second-order valence-corrected chi connectivity index (χ2v) is 9.49. The standard InChI is InChI=1S/C29H27ClN2O4/c1-18-7-3-4-8-22(18)26-25(27(33)19-9-14-23(30)24(17-19)36-2)28(34)29(35)32(26)21-12-10-20(11-13-21)31-15-5-6-16-31/h3-4,7-14,17,26,33H,5-6,15-16H2,1-2H3/b27-25+. The van der Waals surface area contributed by atoms with Crippen LogP contribution < -0.4 is 14.5 Å². The lowest BCUT2D eigenvalue weighted by Crippen LogP contribution is -2.29. The van der Waals surface area contributed by atoms with Gasteiger partial charge in [-0.25, -0.2) is 0 Å². The van der Waals surface area contributed by atoms with E-state index in [4.69, 9.17) is 16.3 Å². The molecule has 5 rings (SSSR count). The van der Waals surface area contributed by atoms with Crippen LogP contribution in [0.1, 0.15) is 35.6 Å². The number of aryl methyl sites for hydroxylation is 1. The maximum atomic E-state index is 13.4. The molecule has 0 bridgehead atoms. The molecule has 0 aromatic heterocycles. The minimum atomic E-state index is -0.787. The number of amides is 1. The summed E-state index contributed by atoms with van der Waals surface area (Å²) in [5.74, 6) is -1.33. The number of hydrogen-bond acceptors (Lipinski definition) is 5. The number of aliphatic hydroxyl groups is 1. The molecule has 7 heteroatoms. The molecule has 184 valence electrons. The van der Waals surface area contributed by atoms with E-state index in [2.05, 4.69) is 4.90 Å². The zero-order valence-electron chi connectivity index (χ0n) is 20.2. The number of aliphatic hydroxyl groups excluding tert-OH is 1. The number of methoxy groups -OCH3 is 1. The molecule has 3 aromatic rings. The molecule has 0 radical (unpaired) electrons. The van der Waals surface area contributed by atoms with Crippen LogP contribution in [0.4, 0.5) is 11.4 Å². The van der Waals surface area contributed by atoms with Gasteiger partial charge in [0, 0.05) is 30.0 Å². The highest BCUT2D eigenvalue weighted by Gasteiger charge is 2.47. The molecule has 0 spiro atoms. The number of rotatable bonds is 5. The Morgan fingerprint density at radius 1 is 0.972 bits per heavy atom. The Hall–Kier alpha value is -3.77. The summed E-state index contributed by atoms with van der Waals surface area (Å²) in [5.41, 5.74) is 3.74. The summed E-state index contributed by atoms with van der Waals surface area (Å²) in [6, 6.07) is 19.3. The summed E-state index contributed by atoms with van der Waals surface area (Å²) in [6.07, 6.45) is 2.33. The molecule has 1 atom stereocenters. The molecule has 0 saturated carbocycles. The van der Waals surface area contributed by atoms with Gasteiger partial charge in [0.1, 0.15) is 11.5 Å². The monoisotopic (exact) mass is 502 g/mol. The summed E-state index contributed by atoms with van der Waals surface area (Å²) in [6.45, 7) is 3.95. The lowest BCUT2D eigenvalue weighted by atomic mass is 9.92. The van der Waals surface area contributed by atoms with Crippen LogP contribution in [0, 0.1) is 6.92 Å². The molecule has 2 heterocycles. The van der Waals surface area contributed by atoms with Gasteiger partial charge in [-0.15, -0.1) is 0 Å². The summed E-state index contributed by atoms with van der Waals surface area (Å²) >= 11 is 6.17.